The van der Waals surface area contributed by atoms with Crippen molar-refractivity contribution < 1.29 is 14.3 Å². The van der Waals surface area contributed by atoms with E-state index < -0.39 is 10.8 Å². The highest BCUT2D eigenvalue weighted by atomic mass is 16.5. The van der Waals surface area contributed by atoms with Crippen LogP contribution in [-0.2, 0) is 19.7 Å². The van der Waals surface area contributed by atoms with Crippen LogP contribution < -0.4 is 11.1 Å². The molecule has 1 amide bonds. The molecule has 0 spiro atoms. The molecule has 1 aromatic carbocycles. The van der Waals surface area contributed by atoms with Gasteiger partial charge in [0.1, 0.15) is 0 Å². The van der Waals surface area contributed by atoms with Crippen molar-refractivity contribution in [2.75, 3.05) is 7.11 Å². The predicted molar refractivity (Wildman–Crippen MR) is 110 cm³/mol. The van der Waals surface area contributed by atoms with Crippen LogP contribution in [-0.4, -0.2) is 31.1 Å². The fraction of sp³-hybridized carbons (Fsp3) is 0.667. The Morgan fingerprint density at radius 3 is 2.34 bits per heavy atom. The van der Waals surface area contributed by atoms with Crippen LogP contribution in [0.15, 0.2) is 30.3 Å². The molecule has 0 radical (unpaired) electrons. The molecule has 0 saturated heterocycles. The SMILES string of the molecule is COC(=O)C12CC3CC(c4ccccc4)(CC1(C(=O)NC1CCC(N)CC1)C3)C2. The molecule has 5 aliphatic carbocycles. The van der Waals surface area contributed by atoms with Crippen molar-refractivity contribution in [2.24, 2.45) is 22.5 Å². The van der Waals surface area contributed by atoms with Crippen molar-refractivity contribution in [3.05, 3.63) is 35.9 Å². The highest BCUT2D eigenvalue weighted by molar-refractivity contribution is 5.94. The fourth-order valence-electron chi connectivity index (χ4n) is 7.63. The Bertz CT molecular complexity index is 819. The maximum absolute atomic E-state index is 13.8. The van der Waals surface area contributed by atoms with Crippen molar-refractivity contribution in [3.8, 4) is 0 Å². The summed E-state index contributed by atoms with van der Waals surface area (Å²) in [5.74, 6) is 0.309. The van der Waals surface area contributed by atoms with Crippen LogP contribution in [0.1, 0.15) is 63.4 Å². The van der Waals surface area contributed by atoms with E-state index in [0.29, 0.717) is 5.92 Å². The van der Waals surface area contributed by atoms with Gasteiger partial charge in [0.05, 0.1) is 17.9 Å². The van der Waals surface area contributed by atoms with E-state index in [1.165, 1.54) is 12.7 Å². The summed E-state index contributed by atoms with van der Waals surface area (Å²) in [5.41, 5.74) is 5.90. The van der Waals surface area contributed by atoms with Gasteiger partial charge in [-0.1, -0.05) is 30.3 Å². The molecule has 5 nitrogen and oxygen atoms in total. The molecule has 4 atom stereocenters. The lowest BCUT2D eigenvalue weighted by atomic mass is 9.63. The Morgan fingerprint density at radius 1 is 1.00 bits per heavy atom. The summed E-state index contributed by atoms with van der Waals surface area (Å²) in [6.45, 7) is 0. The number of rotatable bonds is 4. The first kappa shape index (κ1) is 19.1. The highest BCUT2D eigenvalue weighted by Gasteiger charge is 2.78. The zero-order valence-electron chi connectivity index (χ0n) is 17.3. The zero-order chi connectivity index (χ0) is 20.3. The molecule has 4 unspecified atom stereocenters. The number of amides is 1. The van der Waals surface area contributed by atoms with Gasteiger partial charge in [-0.3, -0.25) is 9.59 Å². The van der Waals surface area contributed by atoms with E-state index in [2.05, 4.69) is 29.6 Å². The van der Waals surface area contributed by atoms with Crippen LogP contribution in [0.3, 0.4) is 0 Å². The van der Waals surface area contributed by atoms with Gasteiger partial charge < -0.3 is 15.8 Å². The van der Waals surface area contributed by atoms with E-state index in [0.717, 1.165) is 57.8 Å². The second-order valence-corrected chi connectivity index (χ2v) is 10.2. The van der Waals surface area contributed by atoms with Crippen LogP contribution in [0.25, 0.3) is 0 Å². The van der Waals surface area contributed by atoms with Gasteiger partial charge in [0, 0.05) is 12.1 Å². The number of nitrogens with one attached hydrogen (secondary N) is 1. The Kier molecular flexibility index (Phi) is 4.32. The Morgan fingerprint density at radius 2 is 1.66 bits per heavy atom. The second-order valence-electron chi connectivity index (χ2n) is 10.2. The van der Waals surface area contributed by atoms with Gasteiger partial charge in [-0.25, -0.2) is 0 Å². The van der Waals surface area contributed by atoms with Crippen molar-refractivity contribution in [1.82, 2.24) is 5.32 Å². The molecule has 5 aliphatic rings. The molecular formula is C24H32N2O3. The summed E-state index contributed by atoms with van der Waals surface area (Å²) in [6, 6.07) is 10.9. The number of esters is 1. The summed E-state index contributed by atoms with van der Waals surface area (Å²) in [6.07, 6.45) is 7.94. The molecule has 1 aromatic rings. The van der Waals surface area contributed by atoms with Crippen molar-refractivity contribution >= 4 is 11.9 Å². The number of methoxy groups -OCH3 is 1. The maximum Gasteiger partial charge on any atom is 0.312 e. The third-order valence-corrected chi connectivity index (χ3v) is 8.65. The summed E-state index contributed by atoms with van der Waals surface area (Å²) in [5, 5.41) is 3.35. The monoisotopic (exact) mass is 396 g/mol. The Hall–Kier alpha value is -1.88. The molecule has 29 heavy (non-hydrogen) atoms. The lowest BCUT2D eigenvalue weighted by molar-refractivity contribution is -0.163. The van der Waals surface area contributed by atoms with Gasteiger partial charge >= 0.3 is 5.97 Å². The molecule has 5 heteroatoms. The van der Waals surface area contributed by atoms with Gasteiger partial charge in [-0.15, -0.1) is 0 Å². The van der Waals surface area contributed by atoms with Crippen LogP contribution in [0, 0.1) is 16.7 Å². The van der Waals surface area contributed by atoms with E-state index in [4.69, 9.17) is 10.5 Å². The molecule has 3 N–H and O–H groups in total. The van der Waals surface area contributed by atoms with Crippen LogP contribution >= 0.6 is 0 Å². The van der Waals surface area contributed by atoms with Crippen molar-refractivity contribution in [3.63, 3.8) is 0 Å². The van der Waals surface area contributed by atoms with E-state index in [1.54, 1.807) is 0 Å². The van der Waals surface area contributed by atoms with Gasteiger partial charge in [-0.2, -0.15) is 0 Å². The van der Waals surface area contributed by atoms with Crippen molar-refractivity contribution in [1.29, 1.82) is 0 Å². The average Bonchev–Trinajstić information content (AvgIpc) is 3.10. The number of carbonyl (C=O) groups is 2. The minimum Gasteiger partial charge on any atom is -0.469 e. The molecule has 5 saturated carbocycles. The number of nitrogens with two attached hydrogens (primary N) is 1. The van der Waals surface area contributed by atoms with E-state index in [1.807, 2.05) is 6.07 Å². The molecular weight excluding hydrogens is 364 g/mol. The number of benzene rings is 1. The molecule has 5 fully saturated rings. The van der Waals surface area contributed by atoms with Gasteiger partial charge in [0.2, 0.25) is 5.91 Å². The van der Waals surface area contributed by atoms with Gasteiger partial charge in [0.15, 0.2) is 0 Å². The number of ether oxygens (including phenoxy) is 1. The largest absolute Gasteiger partial charge is 0.469 e. The van der Waals surface area contributed by atoms with Crippen molar-refractivity contribution in [2.45, 2.75) is 75.3 Å². The first-order valence-electron chi connectivity index (χ1n) is 11.1. The average molecular weight is 397 g/mol. The third kappa shape index (κ3) is 2.62. The summed E-state index contributed by atoms with van der Waals surface area (Å²) >= 11 is 0. The maximum atomic E-state index is 13.8. The summed E-state index contributed by atoms with van der Waals surface area (Å²) < 4.78 is 5.33. The number of hydrogen-bond acceptors (Lipinski definition) is 4. The Balaban J connectivity index is 1.50. The van der Waals surface area contributed by atoms with E-state index in [-0.39, 0.29) is 29.4 Å². The predicted octanol–water partition coefficient (Wildman–Crippen LogP) is 3.06. The number of carbonyl (C=O) groups excluding carboxylic acids is 2. The van der Waals surface area contributed by atoms with Gasteiger partial charge in [0.25, 0.3) is 0 Å². The normalized spacial score (nSPS) is 42.6. The standard InChI is InChI=1S/C24H32N2O3/c1-29-21(28)24-13-16-11-22(15-24,17-5-3-2-4-6-17)14-23(24,12-16)20(27)26-19-9-7-18(25)8-10-19/h2-6,16,18-19H,7-15,25H2,1H3,(H,26,27). The third-order valence-electron chi connectivity index (χ3n) is 8.65. The topological polar surface area (TPSA) is 81.4 Å². The summed E-state index contributed by atoms with van der Waals surface area (Å²) in [4.78, 5) is 27.0. The quantitative estimate of drug-likeness (QED) is 0.767. The highest BCUT2D eigenvalue weighted by Crippen LogP contribution is 2.76. The zero-order valence-corrected chi connectivity index (χ0v) is 17.3. The van der Waals surface area contributed by atoms with E-state index in [9.17, 15) is 9.59 Å². The molecule has 6 rings (SSSR count). The van der Waals surface area contributed by atoms with Crippen LogP contribution in [0.2, 0.25) is 0 Å². The number of hydrogen-bond donors (Lipinski definition) is 2. The summed E-state index contributed by atoms with van der Waals surface area (Å²) in [7, 11) is 1.47. The molecule has 0 heterocycles. The minimum absolute atomic E-state index is 0.0865. The minimum atomic E-state index is -0.685. The second kappa shape index (κ2) is 6.56. The Labute approximate surface area is 172 Å². The molecule has 156 valence electrons. The first-order chi connectivity index (χ1) is 13.9. The van der Waals surface area contributed by atoms with E-state index >= 15 is 0 Å². The molecule has 4 bridgehead atoms. The lowest BCUT2D eigenvalue weighted by Crippen LogP contribution is -2.53. The smallest absolute Gasteiger partial charge is 0.312 e. The first-order valence-corrected chi connectivity index (χ1v) is 11.1. The van der Waals surface area contributed by atoms with Gasteiger partial charge in [-0.05, 0) is 74.7 Å². The lowest BCUT2D eigenvalue weighted by Gasteiger charge is -2.41. The fourth-order valence-corrected chi connectivity index (χ4v) is 7.63. The molecule has 0 aromatic heterocycles. The molecule has 0 aliphatic heterocycles. The van der Waals surface area contributed by atoms with Crippen LogP contribution in [0.4, 0.5) is 0 Å². The van der Waals surface area contributed by atoms with Crippen LogP contribution in [0.5, 0.6) is 0 Å².